The van der Waals surface area contributed by atoms with Crippen LogP contribution in [0.2, 0.25) is 5.02 Å². The summed E-state index contributed by atoms with van der Waals surface area (Å²) in [4.78, 5) is 14.9. The second kappa shape index (κ2) is 7.40. The van der Waals surface area contributed by atoms with Crippen LogP contribution >= 0.6 is 11.6 Å². The van der Waals surface area contributed by atoms with Crippen molar-refractivity contribution in [2.24, 2.45) is 34.5 Å². The highest BCUT2D eigenvalue weighted by Gasteiger charge is 2.64. The molecule has 1 saturated heterocycles. The molecule has 3 nitrogen and oxygen atoms in total. The number of carbonyl (C=O) groups is 1. The lowest BCUT2D eigenvalue weighted by molar-refractivity contribution is -0.191. The summed E-state index contributed by atoms with van der Waals surface area (Å²) in [6.07, 6.45) is 8.44. The fourth-order valence-corrected chi connectivity index (χ4v) is 8.64. The lowest BCUT2D eigenvalue weighted by Crippen LogP contribution is -2.69. The number of hydrogen-bond donors (Lipinski definition) is 0. The van der Waals surface area contributed by atoms with Crippen LogP contribution in [-0.4, -0.2) is 30.0 Å². The number of amides is 1. The number of piperidine rings is 1. The number of likely N-dealkylation sites (tertiary alicyclic amines) is 1. The third-order valence-electron chi connectivity index (χ3n) is 10.2. The van der Waals surface area contributed by atoms with E-state index in [0.29, 0.717) is 29.6 Å². The first-order valence-corrected chi connectivity index (χ1v) is 12.7. The number of rotatable bonds is 2. The molecule has 4 heteroatoms. The molecule has 1 amide bonds. The van der Waals surface area contributed by atoms with Crippen LogP contribution in [0.1, 0.15) is 71.3 Å². The summed E-state index contributed by atoms with van der Waals surface area (Å²) in [6, 6.07) is 6.16. The third kappa shape index (κ3) is 3.16. The van der Waals surface area contributed by atoms with Gasteiger partial charge in [-0.1, -0.05) is 44.9 Å². The first kappa shape index (κ1) is 21.6. The van der Waals surface area contributed by atoms with Crippen LogP contribution in [0.15, 0.2) is 18.2 Å². The van der Waals surface area contributed by atoms with Crippen molar-refractivity contribution in [3.05, 3.63) is 28.8 Å². The van der Waals surface area contributed by atoms with E-state index in [1.807, 2.05) is 37.1 Å². The minimum atomic E-state index is 0.00206. The summed E-state index contributed by atoms with van der Waals surface area (Å²) >= 11 is 6.44. The molecule has 0 spiro atoms. The number of likely N-dealkylation sites (N-methyl/N-ethyl adjacent to an activating group) is 1. The van der Waals surface area contributed by atoms with Gasteiger partial charge in [-0.05, 0) is 91.2 Å². The largest absolute Gasteiger partial charge is 0.488 e. The number of carbonyl (C=O) groups excluding carboxylic acids is 1. The molecule has 4 aliphatic rings. The van der Waals surface area contributed by atoms with Crippen LogP contribution in [-0.2, 0) is 4.79 Å². The smallest absolute Gasteiger partial charge is 0.222 e. The number of ether oxygens (including phenoxy) is 1. The topological polar surface area (TPSA) is 29.5 Å². The minimum absolute atomic E-state index is 0.00206. The molecule has 1 aromatic carbocycles. The summed E-state index contributed by atoms with van der Waals surface area (Å²) in [6.45, 7) is 9.46. The maximum Gasteiger partial charge on any atom is 0.222 e. The molecule has 5 rings (SSSR count). The van der Waals surface area contributed by atoms with Gasteiger partial charge in [0, 0.05) is 18.5 Å². The molecular weight excluding hydrogens is 406 g/mol. The van der Waals surface area contributed by atoms with Crippen molar-refractivity contribution in [1.29, 1.82) is 0 Å². The van der Waals surface area contributed by atoms with Crippen molar-refractivity contribution in [2.45, 2.75) is 84.8 Å². The minimum Gasteiger partial charge on any atom is -0.488 e. The SMILES string of the molecule is Cc1ccc(OC2C(C)[C@@H]3[C@@H](CC[C@]4(C)CCC[C@@H]34)[C@@]3(C)CCC(=O)N(C)C23)cc1Cl. The zero-order chi connectivity index (χ0) is 22.1. The van der Waals surface area contributed by atoms with Crippen molar-refractivity contribution in [1.82, 2.24) is 4.90 Å². The Morgan fingerprint density at radius 3 is 2.65 bits per heavy atom. The molecule has 31 heavy (non-hydrogen) atoms. The standard InChI is InChI=1S/C27H38ClNO2/c1-16-8-9-18(15-21(16)28)31-24-17(2)23-19-7-6-12-26(19,3)13-10-20(23)27(4)14-11-22(30)29(5)25(24)27/h8-9,15,17,19-20,23-25H,6-7,10-14H2,1-5H3/t17?,19-,20+,23-,24?,25?,26-,27+/m0/s1. The first-order valence-electron chi connectivity index (χ1n) is 12.3. The third-order valence-corrected chi connectivity index (χ3v) is 10.6. The van der Waals surface area contributed by atoms with Gasteiger partial charge in [0.05, 0.1) is 6.04 Å². The van der Waals surface area contributed by atoms with E-state index in [0.717, 1.165) is 28.7 Å². The van der Waals surface area contributed by atoms with E-state index < -0.39 is 0 Å². The van der Waals surface area contributed by atoms with Gasteiger partial charge in [-0.2, -0.15) is 0 Å². The number of aryl methyl sites for hydroxylation is 1. The molecule has 1 heterocycles. The normalized spacial score (nSPS) is 44.5. The number of nitrogens with zero attached hydrogens (tertiary/aromatic N) is 1. The summed E-state index contributed by atoms with van der Waals surface area (Å²) in [7, 11) is 2.01. The van der Waals surface area contributed by atoms with E-state index >= 15 is 0 Å². The second-order valence-corrected chi connectivity index (χ2v) is 12.1. The van der Waals surface area contributed by atoms with Crippen molar-refractivity contribution in [3.63, 3.8) is 0 Å². The van der Waals surface area contributed by atoms with Gasteiger partial charge in [0.2, 0.25) is 5.91 Å². The quantitative estimate of drug-likeness (QED) is 0.521. The zero-order valence-corrected chi connectivity index (χ0v) is 20.5. The summed E-state index contributed by atoms with van der Waals surface area (Å²) in [5.41, 5.74) is 1.67. The molecule has 8 atom stereocenters. The van der Waals surface area contributed by atoms with Gasteiger partial charge in [0.15, 0.2) is 0 Å². The number of fused-ring (bicyclic) bond motifs is 5. The molecule has 0 N–H and O–H groups in total. The van der Waals surface area contributed by atoms with Gasteiger partial charge < -0.3 is 9.64 Å². The van der Waals surface area contributed by atoms with Crippen LogP contribution in [0.5, 0.6) is 5.75 Å². The Morgan fingerprint density at radius 1 is 1.13 bits per heavy atom. The maximum atomic E-state index is 12.8. The lowest BCUT2D eigenvalue weighted by Gasteiger charge is -2.65. The van der Waals surface area contributed by atoms with Gasteiger partial charge >= 0.3 is 0 Å². The molecule has 4 fully saturated rings. The van der Waals surface area contributed by atoms with Gasteiger partial charge in [0.1, 0.15) is 11.9 Å². The molecule has 0 radical (unpaired) electrons. The molecule has 3 unspecified atom stereocenters. The molecule has 0 bridgehead atoms. The van der Waals surface area contributed by atoms with Crippen molar-refractivity contribution < 1.29 is 9.53 Å². The Labute approximate surface area is 192 Å². The Bertz CT molecular complexity index is 886. The van der Waals surface area contributed by atoms with Gasteiger partial charge in [-0.3, -0.25) is 4.79 Å². The van der Waals surface area contributed by atoms with Gasteiger partial charge in [-0.15, -0.1) is 0 Å². The summed E-state index contributed by atoms with van der Waals surface area (Å²) in [5, 5.41) is 0.746. The Kier molecular flexibility index (Phi) is 5.16. The van der Waals surface area contributed by atoms with Crippen LogP contribution < -0.4 is 4.74 Å². The molecule has 3 aliphatic carbocycles. The van der Waals surface area contributed by atoms with Crippen LogP contribution in [0.4, 0.5) is 0 Å². The monoisotopic (exact) mass is 443 g/mol. The lowest BCUT2D eigenvalue weighted by atomic mass is 9.44. The highest BCUT2D eigenvalue weighted by Crippen LogP contribution is 2.66. The van der Waals surface area contributed by atoms with E-state index in [1.165, 1.54) is 32.1 Å². The molecular formula is C27H38ClNO2. The van der Waals surface area contributed by atoms with E-state index in [1.54, 1.807) is 0 Å². The van der Waals surface area contributed by atoms with Gasteiger partial charge in [-0.25, -0.2) is 0 Å². The average Bonchev–Trinajstić information content (AvgIpc) is 3.13. The van der Waals surface area contributed by atoms with Crippen molar-refractivity contribution in [2.75, 3.05) is 7.05 Å². The predicted octanol–water partition coefficient (Wildman–Crippen LogP) is 6.51. The fourth-order valence-electron chi connectivity index (χ4n) is 8.47. The Morgan fingerprint density at radius 2 is 1.90 bits per heavy atom. The Hall–Kier alpha value is -1.22. The second-order valence-electron chi connectivity index (χ2n) is 11.7. The summed E-state index contributed by atoms with van der Waals surface area (Å²) in [5.74, 6) is 3.67. The zero-order valence-electron chi connectivity index (χ0n) is 19.8. The summed E-state index contributed by atoms with van der Waals surface area (Å²) < 4.78 is 6.81. The molecule has 1 aliphatic heterocycles. The van der Waals surface area contributed by atoms with Gasteiger partial charge in [0.25, 0.3) is 0 Å². The van der Waals surface area contributed by atoms with Crippen LogP contribution in [0.25, 0.3) is 0 Å². The predicted molar refractivity (Wildman–Crippen MR) is 125 cm³/mol. The van der Waals surface area contributed by atoms with Crippen molar-refractivity contribution >= 4 is 17.5 Å². The van der Waals surface area contributed by atoms with E-state index in [2.05, 4.69) is 20.8 Å². The van der Waals surface area contributed by atoms with Crippen molar-refractivity contribution in [3.8, 4) is 5.75 Å². The van der Waals surface area contributed by atoms with Crippen LogP contribution in [0.3, 0.4) is 0 Å². The maximum absolute atomic E-state index is 12.8. The molecule has 170 valence electrons. The fraction of sp³-hybridized carbons (Fsp3) is 0.741. The molecule has 3 saturated carbocycles. The van der Waals surface area contributed by atoms with E-state index in [-0.39, 0.29) is 23.5 Å². The van der Waals surface area contributed by atoms with E-state index in [9.17, 15) is 4.79 Å². The highest BCUT2D eigenvalue weighted by atomic mass is 35.5. The number of halogens is 1. The molecule has 0 aromatic heterocycles. The highest BCUT2D eigenvalue weighted by molar-refractivity contribution is 6.31. The number of hydrogen-bond acceptors (Lipinski definition) is 2. The van der Waals surface area contributed by atoms with Crippen LogP contribution in [0, 0.1) is 41.4 Å². The Balaban J connectivity index is 1.57. The van der Waals surface area contributed by atoms with E-state index in [4.69, 9.17) is 16.3 Å². The first-order chi connectivity index (χ1) is 14.7. The number of benzene rings is 1. The molecule has 1 aromatic rings. The average molecular weight is 444 g/mol.